The lowest BCUT2D eigenvalue weighted by molar-refractivity contribution is -0.385. The molecule has 0 aliphatic carbocycles. The van der Waals surface area contributed by atoms with Crippen LogP contribution < -0.4 is 14.8 Å². The van der Waals surface area contributed by atoms with Crippen molar-refractivity contribution < 1.29 is 14.4 Å². The minimum absolute atomic E-state index is 0.0147. The Hall–Kier alpha value is -2.76. The number of nitrogens with one attached hydrogen (secondary N) is 1. The Balaban J connectivity index is 2.11. The van der Waals surface area contributed by atoms with E-state index in [0.29, 0.717) is 12.3 Å². The standard InChI is InChI=1S/C15H16N2O4/c1-20-14-5-3-12(4-6-14)16-10-11-7-13(17(18)19)9-15(8-11)21-2/h3-9,16H,10H2,1-2H3. The van der Waals surface area contributed by atoms with Crippen molar-refractivity contribution in [3.63, 3.8) is 0 Å². The van der Waals surface area contributed by atoms with E-state index in [4.69, 9.17) is 9.47 Å². The Morgan fingerprint density at radius 3 is 2.29 bits per heavy atom. The van der Waals surface area contributed by atoms with Crippen molar-refractivity contribution >= 4 is 11.4 Å². The molecule has 0 aliphatic rings. The lowest BCUT2D eigenvalue weighted by Crippen LogP contribution is -2.01. The predicted molar refractivity (Wildman–Crippen MR) is 80.0 cm³/mol. The van der Waals surface area contributed by atoms with E-state index in [-0.39, 0.29) is 5.69 Å². The third-order valence-electron chi connectivity index (χ3n) is 2.98. The molecule has 2 aromatic carbocycles. The number of hydrogen-bond acceptors (Lipinski definition) is 5. The smallest absolute Gasteiger partial charge is 0.273 e. The topological polar surface area (TPSA) is 73.6 Å². The number of non-ortho nitro benzene ring substituents is 1. The van der Waals surface area contributed by atoms with Gasteiger partial charge in [0.15, 0.2) is 0 Å². The van der Waals surface area contributed by atoms with Crippen molar-refractivity contribution in [2.45, 2.75) is 6.54 Å². The summed E-state index contributed by atoms with van der Waals surface area (Å²) < 4.78 is 10.2. The summed E-state index contributed by atoms with van der Waals surface area (Å²) in [6, 6.07) is 12.1. The first-order valence-corrected chi connectivity index (χ1v) is 6.32. The molecular formula is C15H16N2O4. The average Bonchev–Trinajstić information content (AvgIpc) is 2.53. The molecule has 0 bridgehead atoms. The average molecular weight is 288 g/mol. The second-order valence-corrected chi connectivity index (χ2v) is 4.38. The summed E-state index contributed by atoms with van der Waals surface area (Å²) in [6.45, 7) is 0.463. The molecule has 1 N–H and O–H groups in total. The molecule has 6 heteroatoms. The number of anilines is 1. The van der Waals surface area contributed by atoms with Gasteiger partial charge in [0, 0.05) is 18.3 Å². The molecule has 0 fully saturated rings. The third-order valence-corrected chi connectivity index (χ3v) is 2.98. The largest absolute Gasteiger partial charge is 0.497 e. The SMILES string of the molecule is COc1ccc(NCc2cc(OC)cc([N+](=O)[O-])c2)cc1. The van der Waals surface area contributed by atoms with Crippen molar-refractivity contribution in [1.82, 2.24) is 0 Å². The minimum atomic E-state index is -0.431. The van der Waals surface area contributed by atoms with Crippen LogP contribution in [0.3, 0.4) is 0 Å². The summed E-state index contributed by atoms with van der Waals surface area (Å²) in [5.74, 6) is 1.24. The Bertz CT molecular complexity index is 626. The molecule has 0 aromatic heterocycles. The molecular weight excluding hydrogens is 272 g/mol. The molecule has 0 heterocycles. The number of methoxy groups -OCH3 is 2. The number of nitro benzene ring substituents is 1. The Morgan fingerprint density at radius 2 is 1.71 bits per heavy atom. The van der Waals surface area contributed by atoms with Crippen LogP contribution in [0.4, 0.5) is 11.4 Å². The van der Waals surface area contributed by atoms with Crippen molar-refractivity contribution in [3.8, 4) is 11.5 Å². The van der Waals surface area contributed by atoms with Gasteiger partial charge in [0.25, 0.3) is 5.69 Å². The van der Waals surface area contributed by atoms with E-state index >= 15 is 0 Å². The van der Waals surface area contributed by atoms with Crippen molar-refractivity contribution in [1.29, 1.82) is 0 Å². The van der Waals surface area contributed by atoms with Gasteiger partial charge in [0.05, 0.1) is 25.2 Å². The van der Waals surface area contributed by atoms with Crippen molar-refractivity contribution in [3.05, 3.63) is 58.1 Å². The monoisotopic (exact) mass is 288 g/mol. The molecule has 21 heavy (non-hydrogen) atoms. The van der Waals surface area contributed by atoms with Gasteiger partial charge in [0.1, 0.15) is 11.5 Å². The van der Waals surface area contributed by atoms with E-state index in [1.807, 2.05) is 24.3 Å². The number of ether oxygens (including phenoxy) is 2. The van der Waals surface area contributed by atoms with Gasteiger partial charge in [-0.25, -0.2) is 0 Å². The van der Waals surface area contributed by atoms with Gasteiger partial charge in [-0.05, 0) is 35.9 Å². The van der Waals surface area contributed by atoms with Gasteiger partial charge >= 0.3 is 0 Å². The summed E-state index contributed by atoms with van der Waals surface area (Å²) in [6.07, 6.45) is 0. The van der Waals surface area contributed by atoms with Crippen molar-refractivity contribution in [2.24, 2.45) is 0 Å². The number of rotatable bonds is 6. The molecule has 6 nitrogen and oxygen atoms in total. The maximum absolute atomic E-state index is 10.9. The molecule has 0 saturated carbocycles. The van der Waals surface area contributed by atoms with Crippen LogP contribution in [-0.2, 0) is 6.54 Å². The summed E-state index contributed by atoms with van der Waals surface area (Å²) in [7, 11) is 3.09. The second-order valence-electron chi connectivity index (χ2n) is 4.38. The molecule has 110 valence electrons. The van der Waals surface area contributed by atoms with Gasteiger partial charge in [-0.1, -0.05) is 0 Å². The number of benzene rings is 2. The zero-order valence-corrected chi connectivity index (χ0v) is 11.8. The maximum atomic E-state index is 10.9. The normalized spacial score (nSPS) is 10.0. The van der Waals surface area contributed by atoms with Crippen LogP contribution in [0.15, 0.2) is 42.5 Å². The summed E-state index contributed by atoms with van der Waals surface area (Å²) in [5, 5.41) is 14.1. The Morgan fingerprint density at radius 1 is 1.05 bits per heavy atom. The highest BCUT2D eigenvalue weighted by atomic mass is 16.6. The molecule has 0 unspecified atom stereocenters. The van der Waals surface area contributed by atoms with Gasteiger partial charge in [-0.2, -0.15) is 0 Å². The second kappa shape index (κ2) is 6.60. The van der Waals surface area contributed by atoms with Gasteiger partial charge in [0.2, 0.25) is 0 Å². The highest BCUT2D eigenvalue weighted by Crippen LogP contribution is 2.23. The molecule has 0 saturated heterocycles. The van der Waals surface area contributed by atoms with E-state index in [9.17, 15) is 10.1 Å². The first kappa shape index (κ1) is 14.6. The van der Waals surface area contributed by atoms with Crippen LogP contribution in [0.25, 0.3) is 0 Å². The van der Waals surface area contributed by atoms with Crippen LogP contribution in [0.5, 0.6) is 11.5 Å². The van der Waals surface area contributed by atoms with E-state index < -0.39 is 4.92 Å². The quantitative estimate of drug-likeness (QED) is 0.652. The van der Waals surface area contributed by atoms with Crippen LogP contribution >= 0.6 is 0 Å². The first-order chi connectivity index (χ1) is 10.1. The maximum Gasteiger partial charge on any atom is 0.273 e. The number of nitrogens with zero attached hydrogens (tertiary/aromatic N) is 1. The molecule has 0 radical (unpaired) electrons. The minimum Gasteiger partial charge on any atom is -0.497 e. The molecule has 0 atom stereocenters. The van der Waals surface area contributed by atoms with Crippen LogP contribution in [0, 0.1) is 10.1 Å². The highest BCUT2D eigenvalue weighted by molar-refractivity contribution is 5.48. The fraction of sp³-hybridized carbons (Fsp3) is 0.200. The summed E-state index contributed by atoms with van der Waals surface area (Å²) in [5.41, 5.74) is 1.69. The molecule has 0 amide bonds. The lowest BCUT2D eigenvalue weighted by Gasteiger charge is -2.09. The molecule has 2 aromatic rings. The zero-order valence-electron chi connectivity index (χ0n) is 11.8. The van der Waals surface area contributed by atoms with Crippen LogP contribution in [-0.4, -0.2) is 19.1 Å². The van der Waals surface area contributed by atoms with Crippen LogP contribution in [0.1, 0.15) is 5.56 Å². The van der Waals surface area contributed by atoms with Gasteiger partial charge in [-0.3, -0.25) is 10.1 Å². The van der Waals surface area contributed by atoms with Gasteiger partial charge in [-0.15, -0.1) is 0 Å². The third kappa shape index (κ3) is 3.85. The van der Waals surface area contributed by atoms with Crippen molar-refractivity contribution in [2.75, 3.05) is 19.5 Å². The van der Waals surface area contributed by atoms with E-state index in [2.05, 4.69) is 5.32 Å². The lowest BCUT2D eigenvalue weighted by atomic mass is 10.2. The van der Waals surface area contributed by atoms with Crippen LogP contribution in [0.2, 0.25) is 0 Å². The van der Waals surface area contributed by atoms with E-state index in [0.717, 1.165) is 17.0 Å². The summed E-state index contributed by atoms with van der Waals surface area (Å²) >= 11 is 0. The number of nitro groups is 1. The molecule has 2 rings (SSSR count). The number of hydrogen-bond donors (Lipinski definition) is 1. The zero-order chi connectivity index (χ0) is 15.2. The first-order valence-electron chi connectivity index (χ1n) is 6.32. The Labute approximate surface area is 122 Å². The summed E-state index contributed by atoms with van der Waals surface area (Å²) in [4.78, 5) is 10.5. The molecule has 0 spiro atoms. The van der Waals surface area contributed by atoms with E-state index in [1.54, 1.807) is 13.2 Å². The van der Waals surface area contributed by atoms with Gasteiger partial charge < -0.3 is 14.8 Å². The van der Waals surface area contributed by atoms with E-state index in [1.165, 1.54) is 19.2 Å². The predicted octanol–water partition coefficient (Wildman–Crippen LogP) is 3.22. The fourth-order valence-electron chi connectivity index (χ4n) is 1.88. The fourth-order valence-corrected chi connectivity index (χ4v) is 1.88. The molecule has 0 aliphatic heterocycles. The highest BCUT2D eigenvalue weighted by Gasteiger charge is 2.10. The Kier molecular flexibility index (Phi) is 4.61.